The normalized spacial score (nSPS) is 20.0. The number of benzene rings is 2. The Bertz CT molecular complexity index is 755. The Hall–Kier alpha value is -2.79. The summed E-state index contributed by atoms with van der Waals surface area (Å²) in [6.45, 7) is 0. The fraction of sp³-hybridized carbons (Fsp3) is 0.0625. The number of para-hydroxylation sites is 1. The van der Waals surface area contributed by atoms with Crippen LogP contribution in [0.1, 0.15) is 21.5 Å². The van der Waals surface area contributed by atoms with Crippen molar-refractivity contribution in [2.45, 2.75) is 5.72 Å². The number of aldehydes is 2. The topological polar surface area (TPSA) is 81.8 Å². The van der Waals surface area contributed by atoms with Crippen molar-refractivity contribution in [1.29, 1.82) is 0 Å². The molecule has 21 heavy (non-hydrogen) atoms. The zero-order chi connectivity index (χ0) is 14.9. The SMILES string of the molecule is NC1(C=O)OC(c2ccccc2C=O)=Nc2ccccc21. The van der Waals surface area contributed by atoms with Crippen molar-refractivity contribution in [2.75, 3.05) is 0 Å². The molecule has 0 radical (unpaired) electrons. The molecule has 1 aliphatic rings. The van der Waals surface area contributed by atoms with Crippen molar-refractivity contribution in [3.63, 3.8) is 0 Å². The van der Waals surface area contributed by atoms with Crippen LogP contribution in [0.25, 0.3) is 0 Å². The van der Waals surface area contributed by atoms with Crippen LogP contribution in [0.3, 0.4) is 0 Å². The number of hydrogen-bond donors (Lipinski definition) is 1. The zero-order valence-corrected chi connectivity index (χ0v) is 11.0. The fourth-order valence-electron chi connectivity index (χ4n) is 2.25. The third-order valence-corrected chi connectivity index (χ3v) is 3.31. The second kappa shape index (κ2) is 4.96. The Morgan fingerprint density at radius 1 is 1.05 bits per heavy atom. The first kappa shape index (κ1) is 13.2. The van der Waals surface area contributed by atoms with Gasteiger partial charge in [-0.1, -0.05) is 36.4 Å². The van der Waals surface area contributed by atoms with Crippen molar-refractivity contribution >= 4 is 24.2 Å². The molecule has 5 nitrogen and oxygen atoms in total. The van der Waals surface area contributed by atoms with Crippen LogP contribution in [0.4, 0.5) is 5.69 Å². The van der Waals surface area contributed by atoms with E-state index in [-0.39, 0.29) is 5.90 Å². The lowest BCUT2D eigenvalue weighted by molar-refractivity contribution is -0.123. The number of hydrogen-bond acceptors (Lipinski definition) is 5. The van der Waals surface area contributed by atoms with Crippen LogP contribution in [-0.2, 0) is 15.3 Å². The minimum Gasteiger partial charge on any atom is -0.444 e. The minimum atomic E-state index is -1.61. The number of carbonyl (C=O) groups is 2. The largest absolute Gasteiger partial charge is 0.444 e. The number of aliphatic imine (C=N–C) groups is 1. The van der Waals surface area contributed by atoms with Crippen LogP contribution in [0.5, 0.6) is 0 Å². The van der Waals surface area contributed by atoms with Crippen molar-refractivity contribution in [2.24, 2.45) is 10.7 Å². The number of nitrogens with two attached hydrogens (primary N) is 1. The summed E-state index contributed by atoms with van der Waals surface area (Å²) in [7, 11) is 0. The van der Waals surface area contributed by atoms with Crippen molar-refractivity contribution < 1.29 is 14.3 Å². The summed E-state index contributed by atoms with van der Waals surface area (Å²) < 4.78 is 5.58. The van der Waals surface area contributed by atoms with E-state index in [0.29, 0.717) is 35.0 Å². The summed E-state index contributed by atoms with van der Waals surface area (Å²) in [5, 5.41) is 0. The molecule has 1 aliphatic heterocycles. The highest BCUT2D eigenvalue weighted by molar-refractivity contribution is 6.04. The van der Waals surface area contributed by atoms with E-state index < -0.39 is 5.72 Å². The average molecular weight is 280 g/mol. The van der Waals surface area contributed by atoms with E-state index in [9.17, 15) is 9.59 Å². The van der Waals surface area contributed by atoms with Crippen LogP contribution < -0.4 is 5.73 Å². The molecule has 1 heterocycles. The first-order chi connectivity index (χ1) is 10.2. The van der Waals surface area contributed by atoms with Gasteiger partial charge in [0, 0.05) is 16.7 Å². The molecule has 0 spiro atoms. The quantitative estimate of drug-likeness (QED) is 0.871. The molecule has 0 bridgehead atoms. The summed E-state index contributed by atoms with van der Waals surface area (Å²) in [6.07, 6.45) is 1.24. The predicted octanol–water partition coefficient (Wildman–Crippen LogP) is 1.92. The monoisotopic (exact) mass is 280 g/mol. The lowest BCUT2D eigenvalue weighted by Crippen LogP contribution is -2.45. The summed E-state index contributed by atoms with van der Waals surface area (Å²) in [6, 6.07) is 13.8. The maximum atomic E-state index is 11.4. The number of nitrogens with zero attached hydrogens (tertiary/aromatic N) is 1. The molecule has 0 fully saturated rings. The Morgan fingerprint density at radius 2 is 1.76 bits per heavy atom. The van der Waals surface area contributed by atoms with Crippen LogP contribution in [0.15, 0.2) is 53.5 Å². The Kier molecular flexibility index (Phi) is 3.12. The molecule has 0 saturated carbocycles. The van der Waals surface area contributed by atoms with Crippen LogP contribution in [0.2, 0.25) is 0 Å². The first-order valence-corrected chi connectivity index (χ1v) is 6.35. The van der Waals surface area contributed by atoms with Gasteiger partial charge in [0.25, 0.3) is 0 Å². The maximum absolute atomic E-state index is 11.4. The molecule has 0 aliphatic carbocycles. The summed E-state index contributed by atoms with van der Waals surface area (Å²) in [5.41, 5.74) is 6.38. The zero-order valence-electron chi connectivity index (χ0n) is 11.0. The van der Waals surface area contributed by atoms with Gasteiger partial charge in [0.1, 0.15) is 0 Å². The Balaban J connectivity index is 2.20. The van der Waals surface area contributed by atoms with Gasteiger partial charge >= 0.3 is 0 Å². The third-order valence-electron chi connectivity index (χ3n) is 3.31. The van der Waals surface area contributed by atoms with Crippen LogP contribution in [0, 0.1) is 0 Å². The fourth-order valence-corrected chi connectivity index (χ4v) is 2.25. The predicted molar refractivity (Wildman–Crippen MR) is 77.5 cm³/mol. The van der Waals surface area contributed by atoms with Gasteiger partial charge in [-0.05, 0) is 12.1 Å². The Morgan fingerprint density at radius 3 is 2.52 bits per heavy atom. The molecule has 2 N–H and O–H groups in total. The Labute approximate surface area is 121 Å². The first-order valence-electron chi connectivity index (χ1n) is 6.35. The van der Waals surface area contributed by atoms with Crippen molar-refractivity contribution in [1.82, 2.24) is 0 Å². The van der Waals surface area contributed by atoms with E-state index in [1.165, 1.54) is 0 Å². The third kappa shape index (κ3) is 2.13. The lowest BCUT2D eigenvalue weighted by atomic mass is 10.00. The van der Waals surface area contributed by atoms with E-state index in [0.717, 1.165) is 0 Å². The van der Waals surface area contributed by atoms with Gasteiger partial charge in [0.05, 0.1) is 5.69 Å². The van der Waals surface area contributed by atoms with Gasteiger partial charge in [-0.3, -0.25) is 15.3 Å². The van der Waals surface area contributed by atoms with Gasteiger partial charge in [0.2, 0.25) is 11.6 Å². The van der Waals surface area contributed by atoms with Crippen LogP contribution in [-0.4, -0.2) is 18.5 Å². The van der Waals surface area contributed by atoms with E-state index in [2.05, 4.69) is 4.99 Å². The number of carbonyl (C=O) groups excluding carboxylic acids is 2. The molecular formula is C16H12N2O3. The highest BCUT2D eigenvalue weighted by Gasteiger charge is 2.37. The second-order valence-corrected chi connectivity index (χ2v) is 4.65. The molecule has 5 heteroatoms. The lowest BCUT2D eigenvalue weighted by Gasteiger charge is -2.30. The molecule has 2 aromatic rings. The molecule has 0 saturated heterocycles. The number of rotatable bonds is 3. The van der Waals surface area contributed by atoms with Gasteiger partial charge in [0.15, 0.2) is 12.6 Å². The van der Waals surface area contributed by atoms with Gasteiger partial charge in [-0.15, -0.1) is 0 Å². The van der Waals surface area contributed by atoms with E-state index >= 15 is 0 Å². The number of fused-ring (bicyclic) bond motifs is 1. The highest BCUT2D eigenvalue weighted by Crippen LogP contribution is 2.34. The van der Waals surface area contributed by atoms with E-state index in [4.69, 9.17) is 10.5 Å². The van der Waals surface area contributed by atoms with Gasteiger partial charge in [-0.2, -0.15) is 0 Å². The standard InChI is InChI=1S/C16H12N2O3/c17-16(10-20)13-7-3-4-8-14(13)18-15(21-16)12-6-2-1-5-11(12)9-19/h1-10H,17H2. The highest BCUT2D eigenvalue weighted by atomic mass is 16.5. The van der Waals surface area contributed by atoms with Crippen LogP contribution >= 0.6 is 0 Å². The second-order valence-electron chi connectivity index (χ2n) is 4.65. The summed E-state index contributed by atoms with van der Waals surface area (Å²) in [5.74, 6) is 0.158. The van der Waals surface area contributed by atoms with E-state index in [1.54, 1.807) is 48.5 Å². The summed E-state index contributed by atoms with van der Waals surface area (Å²) >= 11 is 0. The maximum Gasteiger partial charge on any atom is 0.244 e. The smallest absolute Gasteiger partial charge is 0.244 e. The van der Waals surface area contributed by atoms with Gasteiger partial charge < -0.3 is 4.74 Å². The van der Waals surface area contributed by atoms with Crippen molar-refractivity contribution in [3.8, 4) is 0 Å². The average Bonchev–Trinajstić information content (AvgIpc) is 2.54. The van der Waals surface area contributed by atoms with E-state index in [1.807, 2.05) is 0 Å². The molecular weight excluding hydrogens is 268 g/mol. The molecule has 1 unspecified atom stereocenters. The number of ether oxygens (including phenoxy) is 1. The van der Waals surface area contributed by atoms with Crippen molar-refractivity contribution in [3.05, 3.63) is 65.2 Å². The molecule has 2 aromatic carbocycles. The minimum absolute atomic E-state index is 0.158. The molecule has 104 valence electrons. The molecule has 0 aromatic heterocycles. The van der Waals surface area contributed by atoms with Gasteiger partial charge in [-0.25, -0.2) is 4.99 Å². The molecule has 0 amide bonds. The summed E-state index contributed by atoms with van der Waals surface area (Å²) in [4.78, 5) is 26.9. The molecule has 3 rings (SSSR count). The molecule has 1 atom stereocenters.